The van der Waals surface area contributed by atoms with E-state index in [0.717, 1.165) is 43.0 Å². The molecule has 0 spiro atoms. The number of benzene rings is 2. The molecule has 3 nitrogen and oxygen atoms in total. The largest absolute Gasteiger partial charge is 0.490 e. The van der Waals surface area contributed by atoms with E-state index < -0.39 is 0 Å². The predicted octanol–water partition coefficient (Wildman–Crippen LogP) is 9.49. The first-order chi connectivity index (χ1) is 18.6. The Hall–Kier alpha value is -3.04. The van der Waals surface area contributed by atoms with Crippen molar-refractivity contribution in [1.29, 1.82) is 0 Å². The monoisotopic (exact) mass is 526 g/mol. The van der Waals surface area contributed by atoms with Crippen LogP contribution in [0.5, 0.6) is 5.75 Å². The molecule has 6 rings (SSSR count). The maximum atomic E-state index is 6.68. The van der Waals surface area contributed by atoms with Crippen molar-refractivity contribution in [3.63, 3.8) is 0 Å². The number of hydrogen-bond acceptors (Lipinski definition) is 2. The van der Waals surface area contributed by atoms with Gasteiger partial charge in [0.15, 0.2) is 0 Å². The highest BCUT2D eigenvalue weighted by Gasteiger charge is 2.28. The van der Waals surface area contributed by atoms with Crippen molar-refractivity contribution in [3.05, 3.63) is 94.4 Å². The lowest BCUT2D eigenvalue weighted by molar-refractivity contribution is 0.207. The summed E-state index contributed by atoms with van der Waals surface area (Å²) in [4.78, 5) is 4.37. The van der Waals surface area contributed by atoms with Crippen LogP contribution in [0.25, 0.3) is 22.4 Å². The third-order valence-electron chi connectivity index (χ3n) is 7.77. The first kappa shape index (κ1) is 26.6. The minimum Gasteiger partial charge on any atom is -0.490 e. The molecule has 4 aromatic rings. The van der Waals surface area contributed by atoms with E-state index >= 15 is 0 Å². The molecule has 38 heavy (non-hydrogen) atoms. The second kappa shape index (κ2) is 11.8. The molecule has 0 unspecified atom stereocenters. The Balaban J connectivity index is 0.00000144. The minimum absolute atomic E-state index is 0.343. The predicted molar refractivity (Wildman–Crippen MR) is 159 cm³/mol. The Morgan fingerprint density at radius 2 is 1.76 bits per heavy atom. The molecule has 0 N–H and O–H groups in total. The molecule has 4 heteroatoms. The lowest BCUT2D eigenvalue weighted by atomic mass is 9.84. The van der Waals surface area contributed by atoms with Crippen molar-refractivity contribution >= 4 is 11.6 Å². The Labute approximate surface area is 232 Å². The summed E-state index contributed by atoms with van der Waals surface area (Å²) in [6, 6.07) is 17.2. The minimum atomic E-state index is 0.343. The van der Waals surface area contributed by atoms with Crippen LogP contribution in [0.3, 0.4) is 0 Å². The number of ether oxygens (including phenoxy) is 1. The van der Waals surface area contributed by atoms with Gasteiger partial charge in [0.25, 0.3) is 0 Å². The highest BCUT2D eigenvalue weighted by molar-refractivity contribution is 6.30. The molecule has 0 atom stereocenters. The Morgan fingerprint density at radius 3 is 2.45 bits per heavy atom. The van der Waals surface area contributed by atoms with Crippen LogP contribution < -0.4 is 4.74 Å². The molecule has 0 amide bonds. The lowest BCUT2D eigenvalue weighted by Crippen LogP contribution is -2.15. The number of nitrogens with zero attached hydrogens (tertiary/aromatic N) is 2. The van der Waals surface area contributed by atoms with Gasteiger partial charge in [-0.2, -0.15) is 0 Å². The van der Waals surface area contributed by atoms with Gasteiger partial charge in [0, 0.05) is 41.3 Å². The van der Waals surface area contributed by atoms with Gasteiger partial charge in [-0.1, -0.05) is 63.6 Å². The van der Waals surface area contributed by atoms with Gasteiger partial charge in [-0.3, -0.25) is 4.98 Å². The summed E-state index contributed by atoms with van der Waals surface area (Å²) in [6.07, 6.45) is 13.4. The van der Waals surface area contributed by atoms with Crippen LogP contribution in [-0.2, 0) is 19.4 Å². The molecule has 2 aromatic heterocycles. The Morgan fingerprint density at radius 1 is 1.00 bits per heavy atom. The average molecular weight is 527 g/mol. The van der Waals surface area contributed by atoms with Crippen LogP contribution in [0.2, 0.25) is 5.02 Å². The Bertz CT molecular complexity index is 1370. The number of rotatable bonds is 6. The zero-order valence-electron chi connectivity index (χ0n) is 23.1. The summed E-state index contributed by atoms with van der Waals surface area (Å²) in [5.74, 6) is 1.51. The van der Waals surface area contributed by atoms with E-state index in [1.54, 1.807) is 0 Å². The molecule has 0 aliphatic heterocycles. The van der Waals surface area contributed by atoms with Crippen LogP contribution in [-0.4, -0.2) is 15.7 Å². The maximum absolute atomic E-state index is 6.68. The first-order valence-electron chi connectivity index (χ1n) is 14.3. The highest BCUT2D eigenvalue weighted by Crippen LogP contribution is 2.45. The molecule has 0 radical (unpaired) electrons. The van der Waals surface area contributed by atoms with Gasteiger partial charge in [-0.25, -0.2) is 0 Å². The third-order valence-corrected chi connectivity index (χ3v) is 8.02. The van der Waals surface area contributed by atoms with Gasteiger partial charge in [0.2, 0.25) is 0 Å². The van der Waals surface area contributed by atoms with Gasteiger partial charge < -0.3 is 9.30 Å². The number of pyridine rings is 1. The number of hydrogen-bond donors (Lipinski definition) is 0. The SMILES string of the molecule is CC.CC(C)c1cc2c(cc1OC1CCCC1)-c1c(c(-c3ccc(Cl)cc3)cn1Cc1cccnc1)CC2. The summed E-state index contributed by atoms with van der Waals surface area (Å²) in [5.41, 5.74) is 10.5. The van der Waals surface area contributed by atoms with Gasteiger partial charge in [0.05, 0.1) is 11.8 Å². The van der Waals surface area contributed by atoms with E-state index in [9.17, 15) is 0 Å². The normalized spacial score (nSPS) is 14.6. The fourth-order valence-corrected chi connectivity index (χ4v) is 6.06. The van der Waals surface area contributed by atoms with Gasteiger partial charge >= 0.3 is 0 Å². The third kappa shape index (κ3) is 5.40. The van der Waals surface area contributed by atoms with Crippen LogP contribution >= 0.6 is 11.6 Å². The van der Waals surface area contributed by atoms with Crippen molar-refractivity contribution in [2.45, 2.75) is 84.8 Å². The van der Waals surface area contributed by atoms with Crippen LogP contribution in [0.15, 0.2) is 67.1 Å². The molecule has 0 saturated heterocycles. The van der Waals surface area contributed by atoms with E-state index in [1.807, 2.05) is 44.4 Å². The quantitative estimate of drug-likeness (QED) is 0.250. The van der Waals surface area contributed by atoms with Crippen LogP contribution in [0.4, 0.5) is 0 Å². The Kier molecular flexibility index (Phi) is 8.24. The summed E-state index contributed by atoms with van der Waals surface area (Å²) < 4.78 is 9.10. The van der Waals surface area contributed by atoms with E-state index in [0.29, 0.717) is 12.0 Å². The molecular formula is C34H39ClN2O. The van der Waals surface area contributed by atoms with E-state index in [-0.39, 0.29) is 0 Å². The van der Waals surface area contributed by atoms with Crippen molar-refractivity contribution in [2.24, 2.45) is 0 Å². The number of fused-ring (bicyclic) bond motifs is 3. The summed E-state index contributed by atoms with van der Waals surface area (Å²) in [5, 5.41) is 0.766. The van der Waals surface area contributed by atoms with E-state index in [1.165, 1.54) is 57.5 Å². The topological polar surface area (TPSA) is 27.1 Å². The molecular weight excluding hydrogens is 488 g/mol. The second-order valence-corrected chi connectivity index (χ2v) is 11.0. The summed E-state index contributed by atoms with van der Waals surface area (Å²) >= 11 is 6.22. The fraction of sp³-hybridized carbons (Fsp3) is 0.382. The van der Waals surface area contributed by atoms with Crippen LogP contribution in [0, 0.1) is 0 Å². The molecule has 2 aliphatic rings. The molecule has 2 aromatic carbocycles. The smallest absolute Gasteiger partial charge is 0.123 e. The van der Waals surface area contributed by atoms with Gasteiger partial charge in [-0.15, -0.1) is 0 Å². The zero-order valence-corrected chi connectivity index (χ0v) is 23.9. The zero-order chi connectivity index (χ0) is 26.6. The molecule has 0 bridgehead atoms. The first-order valence-corrected chi connectivity index (χ1v) is 14.7. The lowest BCUT2D eigenvalue weighted by Gasteiger charge is -2.25. The molecule has 2 aliphatic carbocycles. The second-order valence-electron chi connectivity index (χ2n) is 10.6. The standard InChI is InChI=1S/C32H33ClN2O.C2H6/c1-21(2)28-16-24-11-14-27-30(23-9-12-25(33)13-10-23)20-35(19-22-6-5-15-34-18-22)32(27)29(24)17-31(28)36-26-7-3-4-8-26;1-2/h5-6,9-10,12-13,15-18,20-21,26H,3-4,7-8,11,14,19H2,1-2H3;1-2H3. The van der Waals surface area contributed by atoms with Gasteiger partial charge in [0.1, 0.15) is 5.75 Å². The molecule has 1 fully saturated rings. The van der Waals surface area contributed by atoms with E-state index in [4.69, 9.17) is 16.3 Å². The van der Waals surface area contributed by atoms with Crippen molar-refractivity contribution in [2.75, 3.05) is 0 Å². The van der Waals surface area contributed by atoms with Crippen LogP contribution in [0.1, 0.15) is 81.5 Å². The maximum Gasteiger partial charge on any atom is 0.123 e. The van der Waals surface area contributed by atoms with Crippen molar-refractivity contribution in [3.8, 4) is 28.1 Å². The average Bonchev–Trinajstić information content (AvgIpc) is 3.58. The van der Waals surface area contributed by atoms with Crippen molar-refractivity contribution < 1.29 is 4.74 Å². The fourth-order valence-electron chi connectivity index (χ4n) is 5.93. The molecule has 2 heterocycles. The molecule has 1 saturated carbocycles. The van der Waals surface area contributed by atoms with E-state index in [2.05, 4.69) is 59.9 Å². The number of aryl methyl sites for hydroxylation is 1. The molecule has 198 valence electrons. The highest BCUT2D eigenvalue weighted by atomic mass is 35.5. The van der Waals surface area contributed by atoms with Gasteiger partial charge in [-0.05, 0) is 96.5 Å². The number of aromatic nitrogens is 2. The number of halogens is 1. The van der Waals surface area contributed by atoms with Crippen molar-refractivity contribution in [1.82, 2.24) is 9.55 Å². The summed E-state index contributed by atoms with van der Waals surface area (Å²) in [6.45, 7) is 9.34. The summed E-state index contributed by atoms with van der Waals surface area (Å²) in [7, 11) is 0.